The van der Waals surface area contributed by atoms with Crippen LogP contribution in [-0.2, 0) is 14.3 Å². The molecule has 0 bridgehead atoms. The zero-order chi connectivity index (χ0) is 16.5. The third-order valence-corrected chi connectivity index (χ3v) is 4.23. The van der Waals surface area contributed by atoms with E-state index in [1.165, 1.54) is 0 Å². The fraction of sp³-hybridized carbons (Fsp3) is 0.611. The number of benzene rings is 1. The molecule has 1 aromatic carbocycles. The minimum atomic E-state index is -0.285. The van der Waals surface area contributed by atoms with Crippen molar-refractivity contribution in [1.29, 1.82) is 0 Å². The van der Waals surface area contributed by atoms with Crippen molar-refractivity contribution in [3.05, 3.63) is 35.9 Å². The first-order chi connectivity index (χ1) is 11.2. The van der Waals surface area contributed by atoms with Gasteiger partial charge in [0, 0.05) is 25.8 Å². The largest absolute Gasteiger partial charge is 0.379 e. The normalized spacial score (nSPS) is 20.2. The van der Waals surface area contributed by atoms with Crippen molar-refractivity contribution in [2.45, 2.75) is 38.3 Å². The van der Waals surface area contributed by atoms with Crippen molar-refractivity contribution in [2.24, 2.45) is 11.7 Å². The monoisotopic (exact) mass is 320 g/mol. The molecule has 1 heterocycles. The van der Waals surface area contributed by atoms with Gasteiger partial charge in [-0.25, -0.2) is 0 Å². The molecule has 3 atom stereocenters. The lowest BCUT2D eigenvalue weighted by molar-refractivity contribution is -0.125. The zero-order valence-electron chi connectivity index (χ0n) is 13.9. The zero-order valence-corrected chi connectivity index (χ0v) is 13.9. The molecule has 1 aromatic rings. The van der Waals surface area contributed by atoms with E-state index in [-0.39, 0.29) is 24.0 Å². The van der Waals surface area contributed by atoms with Crippen molar-refractivity contribution in [3.8, 4) is 0 Å². The minimum Gasteiger partial charge on any atom is -0.379 e. The molecule has 1 aliphatic rings. The predicted octanol–water partition coefficient (Wildman–Crippen LogP) is 2.02. The molecule has 3 N–H and O–H groups in total. The molecule has 5 heteroatoms. The molecule has 23 heavy (non-hydrogen) atoms. The quantitative estimate of drug-likeness (QED) is 0.683. The lowest BCUT2D eigenvalue weighted by Crippen LogP contribution is -2.36. The third-order valence-electron chi connectivity index (χ3n) is 4.23. The molecule has 0 saturated carbocycles. The van der Waals surface area contributed by atoms with Crippen LogP contribution in [0.25, 0.3) is 0 Å². The number of hydrogen-bond donors (Lipinski definition) is 2. The van der Waals surface area contributed by atoms with Gasteiger partial charge in [-0.15, -0.1) is 0 Å². The Labute approximate surface area is 138 Å². The van der Waals surface area contributed by atoms with Gasteiger partial charge < -0.3 is 20.5 Å². The number of nitrogens with two attached hydrogens (primary N) is 1. The summed E-state index contributed by atoms with van der Waals surface area (Å²) in [6.45, 7) is 4.61. The molecule has 3 unspecified atom stereocenters. The molecule has 0 radical (unpaired) electrons. The van der Waals surface area contributed by atoms with Gasteiger partial charge in [0.05, 0.1) is 18.6 Å². The van der Waals surface area contributed by atoms with E-state index in [0.29, 0.717) is 19.8 Å². The number of amides is 1. The van der Waals surface area contributed by atoms with Crippen LogP contribution in [0, 0.1) is 5.92 Å². The molecule has 1 amide bonds. The molecular formula is C18H28N2O3. The number of hydrogen-bond acceptors (Lipinski definition) is 4. The Morgan fingerprint density at radius 1 is 1.43 bits per heavy atom. The van der Waals surface area contributed by atoms with Crippen LogP contribution in [0.2, 0.25) is 0 Å². The maximum atomic E-state index is 12.1. The Balaban J connectivity index is 1.58. The highest BCUT2D eigenvalue weighted by Crippen LogP contribution is 2.18. The Morgan fingerprint density at radius 2 is 2.22 bits per heavy atom. The number of carbonyl (C=O) groups is 1. The summed E-state index contributed by atoms with van der Waals surface area (Å²) in [6.07, 6.45) is 3.27. The highest BCUT2D eigenvalue weighted by molar-refractivity contribution is 5.79. The molecule has 128 valence electrons. The summed E-state index contributed by atoms with van der Waals surface area (Å²) < 4.78 is 11.1. The number of carbonyl (C=O) groups excluding carboxylic acids is 1. The Kier molecular flexibility index (Phi) is 7.52. The maximum absolute atomic E-state index is 12.1. The van der Waals surface area contributed by atoms with E-state index in [1.54, 1.807) is 0 Å². The van der Waals surface area contributed by atoms with E-state index in [4.69, 9.17) is 15.2 Å². The van der Waals surface area contributed by atoms with Crippen LogP contribution < -0.4 is 11.1 Å². The molecule has 0 spiro atoms. The molecule has 1 fully saturated rings. The molecule has 0 aliphatic carbocycles. The first-order valence-corrected chi connectivity index (χ1v) is 8.46. The third kappa shape index (κ3) is 5.94. The average molecular weight is 320 g/mol. The van der Waals surface area contributed by atoms with Crippen molar-refractivity contribution >= 4 is 5.91 Å². The summed E-state index contributed by atoms with van der Waals surface area (Å²) in [6, 6.07) is 9.43. The van der Waals surface area contributed by atoms with E-state index in [9.17, 15) is 4.79 Å². The Hall–Kier alpha value is -1.43. The molecule has 0 aromatic heterocycles. The van der Waals surface area contributed by atoms with Crippen molar-refractivity contribution < 1.29 is 14.3 Å². The number of rotatable bonds is 9. The smallest absolute Gasteiger partial charge is 0.224 e. The van der Waals surface area contributed by atoms with Gasteiger partial charge in [-0.3, -0.25) is 4.79 Å². The molecule has 1 aliphatic heterocycles. The first kappa shape index (κ1) is 17.9. The highest BCUT2D eigenvalue weighted by atomic mass is 16.5. The van der Waals surface area contributed by atoms with Gasteiger partial charge in [0.25, 0.3) is 0 Å². The minimum absolute atomic E-state index is 0.0134. The van der Waals surface area contributed by atoms with Crippen LogP contribution >= 0.6 is 0 Å². The summed E-state index contributed by atoms with van der Waals surface area (Å²) in [5.41, 5.74) is 7.14. The molecular weight excluding hydrogens is 292 g/mol. The summed E-state index contributed by atoms with van der Waals surface area (Å²) in [7, 11) is 0. The standard InChI is InChI=1S/C18H28N2O3/c1-14(17(19)15-7-3-2-4-8-15)18(21)20-10-6-11-22-13-16-9-5-12-23-16/h2-4,7-8,14,16-17H,5-6,9-13,19H2,1H3,(H,20,21). The number of nitrogens with one attached hydrogen (secondary N) is 1. The van der Waals surface area contributed by atoms with Crippen LogP contribution in [0.3, 0.4) is 0 Å². The Morgan fingerprint density at radius 3 is 2.91 bits per heavy atom. The lowest BCUT2D eigenvalue weighted by atomic mass is 9.95. The van der Waals surface area contributed by atoms with Gasteiger partial charge in [0.2, 0.25) is 5.91 Å². The summed E-state index contributed by atoms with van der Waals surface area (Å²) in [5.74, 6) is -0.273. The Bertz CT molecular complexity index is 461. The van der Waals surface area contributed by atoms with Crippen LogP contribution in [0.1, 0.15) is 37.8 Å². The second kappa shape index (κ2) is 9.65. The van der Waals surface area contributed by atoms with Crippen LogP contribution in [0.5, 0.6) is 0 Å². The van der Waals surface area contributed by atoms with Crippen molar-refractivity contribution in [3.63, 3.8) is 0 Å². The topological polar surface area (TPSA) is 73.6 Å². The SMILES string of the molecule is CC(C(=O)NCCCOCC1CCCO1)C(N)c1ccccc1. The fourth-order valence-corrected chi connectivity index (χ4v) is 2.66. The van der Waals surface area contributed by atoms with E-state index in [0.717, 1.165) is 31.4 Å². The van der Waals surface area contributed by atoms with Gasteiger partial charge in [-0.1, -0.05) is 37.3 Å². The first-order valence-electron chi connectivity index (χ1n) is 8.46. The second-order valence-corrected chi connectivity index (χ2v) is 6.08. The molecule has 2 rings (SSSR count). The van der Waals surface area contributed by atoms with E-state index in [1.807, 2.05) is 37.3 Å². The van der Waals surface area contributed by atoms with Gasteiger partial charge in [0.1, 0.15) is 0 Å². The van der Waals surface area contributed by atoms with E-state index >= 15 is 0 Å². The van der Waals surface area contributed by atoms with Crippen molar-refractivity contribution in [2.75, 3.05) is 26.4 Å². The lowest BCUT2D eigenvalue weighted by Gasteiger charge is -2.19. The fourth-order valence-electron chi connectivity index (χ4n) is 2.66. The van der Waals surface area contributed by atoms with E-state index < -0.39 is 0 Å². The summed E-state index contributed by atoms with van der Waals surface area (Å²) in [4.78, 5) is 12.1. The number of ether oxygens (including phenoxy) is 2. The van der Waals surface area contributed by atoms with Crippen molar-refractivity contribution in [1.82, 2.24) is 5.32 Å². The van der Waals surface area contributed by atoms with E-state index in [2.05, 4.69) is 5.32 Å². The van der Waals surface area contributed by atoms with Gasteiger partial charge in [0.15, 0.2) is 0 Å². The molecule has 1 saturated heterocycles. The summed E-state index contributed by atoms with van der Waals surface area (Å²) >= 11 is 0. The van der Waals surface area contributed by atoms with Gasteiger partial charge in [-0.2, -0.15) is 0 Å². The van der Waals surface area contributed by atoms with Crippen LogP contribution in [0.15, 0.2) is 30.3 Å². The van der Waals surface area contributed by atoms with Gasteiger partial charge >= 0.3 is 0 Å². The maximum Gasteiger partial charge on any atom is 0.224 e. The highest BCUT2D eigenvalue weighted by Gasteiger charge is 2.21. The predicted molar refractivity (Wildman–Crippen MR) is 90.0 cm³/mol. The van der Waals surface area contributed by atoms with Gasteiger partial charge in [-0.05, 0) is 24.8 Å². The second-order valence-electron chi connectivity index (χ2n) is 6.08. The summed E-state index contributed by atoms with van der Waals surface area (Å²) in [5, 5.41) is 2.93. The average Bonchev–Trinajstić information content (AvgIpc) is 3.10. The van der Waals surface area contributed by atoms with Crippen LogP contribution in [0.4, 0.5) is 0 Å². The van der Waals surface area contributed by atoms with Crippen LogP contribution in [-0.4, -0.2) is 38.4 Å². The molecule has 5 nitrogen and oxygen atoms in total.